The van der Waals surface area contributed by atoms with Crippen molar-refractivity contribution in [2.45, 2.75) is 52.5 Å². The van der Waals surface area contributed by atoms with Gasteiger partial charge in [-0.2, -0.15) is 0 Å². The summed E-state index contributed by atoms with van der Waals surface area (Å²) in [7, 11) is 0. The number of aryl methyl sites for hydroxylation is 1. The molecule has 0 aliphatic heterocycles. The van der Waals surface area contributed by atoms with Crippen LogP contribution in [0.25, 0.3) is 0 Å². The number of thiazole rings is 1. The van der Waals surface area contributed by atoms with Crippen molar-refractivity contribution in [1.82, 2.24) is 15.6 Å². The van der Waals surface area contributed by atoms with Gasteiger partial charge in [0.05, 0.1) is 6.04 Å². The Morgan fingerprint density at radius 3 is 2.79 bits per heavy atom. The minimum absolute atomic E-state index is 0.0259. The van der Waals surface area contributed by atoms with Gasteiger partial charge in [-0.3, -0.25) is 0 Å². The Morgan fingerprint density at radius 1 is 1.53 bits per heavy atom. The fourth-order valence-electron chi connectivity index (χ4n) is 2.10. The van der Waals surface area contributed by atoms with E-state index in [4.69, 9.17) is 0 Å². The lowest BCUT2D eigenvalue weighted by molar-refractivity contribution is 0.235. The summed E-state index contributed by atoms with van der Waals surface area (Å²) in [5, 5.41) is 6.92. The second-order valence-corrected chi connectivity index (χ2v) is 6.57. The first kappa shape index (κ1) is 14.3. The third kappa shape index (κ3) is 3.69. The molecule has 4 nitrogen and oxygen atoms in total. The number of amides is 2. The third-order valence-electron chi connectivity index (χ3n) is 3.97. The highest BCUT2D eigenvalue weighted by atomic mass is 32.1. The predicted octanol–water partition coefficient (Wildman–Crippen LogP) is 3.26. The molecule has 2 rings (SSSR count). The molecule has 1 atom stereocenters. The van der Waals surface area contributed by atoms with Gasteiger partial charge in [0, 0.05) is 17.6 Å². The van der Waals surface area contributed by atoms with Crippen LogP contribution in [0.3, 0.4) is 0 Å². The fraction of sp³-hybridized carbons (Fsp3) is 0.714. The highest BCUT2D eigenvalue weighted by Gasteiger charge is 2.40. The van der Waals surface area contributed by atoms with Gasteiger partial charge in [-0.05, 0) is 38.0 Å². The van der Waals surface area contributed by atoms with Gasteiger partial charge >= 0.3 is 6.03 Å². The van der Waals surface area contributed by atoms with Crippen molar-refractivity contribution in [3.63, 3.8) is 0 Å². The van der Waals surface area contributed by atoms with Gasteiger partial charge in [-0.1, -0.05) is 13.8 Å². The summed E-state index contributed by atoms with van der Waals surface area (Å²) in [4.78, 5) is 17.5. The number of carbonyl (C=O) groups is 1. The maximum Gasteiger partial charge on any atom is 0.315 e. The van der Waals surface area contributed by atoms with Crippen molar-refractivity contribution in [2.75, 3.05) is 6.54 Å². The largest absolute Gasteiger partial charge is 0.338 e. The molecule has 19 heavy (non-hydrogen) atoms. The first-order valence-electron chi connectivity index (χ1n) is 7.07. The number of aromatic nitrogens is 1. The summed E-state index contributed by atoms with van der Waals surface area (Å²) < 4.78 is 0. The maximum atomic E-state index is 11.8. The molecule has 0 aromatic carbocycles. The summed E-state index contributed by atoms with van der Waals surface area (Å²) in [5.74, 6) is 0. The van der Waals surface area contributed by atoms with Crippen LogP contribution in [0, 0.1) is 5.41 Å². The van der Waals surface area contributed by atoms with Crippen LogP contribution >= 0.6 is 11.3 Å². The molecule has 1 unspecified atom stereocenters. The van der Waals surface area contributed by atoms with E-state index in [0.29, 0.717) is 5.41 Å². The number of hydrogen-bond acceptors (Lipinski definition) is 3. The first-order chi connectivity index (χ1) is 9.08. The molecular weight excluding hydrogens is 258 g/mol. The van der Waals surface area contributed by atoms with Crippen molar-refractivity contribution in [3.8, 4) is 0 Å². The SMILES string of the molecule is CCc1cnc(C(C)NC(=O)NCC2(CC)CC2)s1. The van der Waals surface area contributed by atoms with Crippen LogP contribution in [0.5, 0.6) is 0 Å². The van der Waals surface area contributed by atoms with Crippen LogP contribution in [0.1, 0.15) is 56.0 Å². The molecule has 5 heteroatoms. The summed E-state index contributed by atoms with van der Waals surface area (Å²) >= 11 is 1.67. The molecule has 0 saturated heterocycles. The molecule has 1 saturated carbocycles. The Hall–Kier alpha value is -1.10. The maximum absolute atomic E-state index is 11.8. The lowest BCUT2D eigenvalue weighted by Crippen LogP contribution is -2.39. The van der Waals surface area contributed by atoms with Crippen LogP contribution in [0.2, 0.25) is 0 Å². The van der Waals surface area contributed by atoms with Gasteiger partial charge in [-0.15, -0.1) is 11.3 Å². The minimum atomic E-state index is -0.0829. The summed E-state index contributed by atoms with van der Waals surface area (Å²) in [5.41, 5.74) is 0.386. The van der Waals surface area contributed by atoms with E-state index in [1.165, 1.54) is 17.7 Å². The number of urea groups is 1. The minimum Gasteiger partial charge on any atom is -0.338 e. The predicted molar refractivity (Wildman–Crippen MR) is 78.4 cm³/mol. The molecule has 2 N–H and O–H groups in total. The molecule has 2 amide bonds. The van der Waals surface area contributed by atoms with Gasteiger partial charge in [0.15, 0.2) is 0 Å². The fourth-order valence-corrected chi connectivity index (χ4v) is 2.96. The topological polar surface area (TPSA) is 54.0 Å². The smallest absolute Gasteiger partial charge is 0.315 e. The van der Waals surface area contributed by atoms with Crippen molar-refractivity contribution >= 4 is 17.4 Å². The summed E-state index contributed by atoms with van der Waals surface area (Å²) in [6.45, 7) is 7.07. The molecule has 1 heterocycles. The van der Waals surface area contributed by atoms with E-state index < -0.39 is 0 Å². The molecule has 0 bridgehead atoms. The second-order valence-electron chi connectivity index (χ2n) is 5.42. The Morgan fingerprint density at radius 2 is 2.26 bits per heavy atom. The van der Waals surface area contributed by atoms with E-state index in [2.05, 4.69) is 29.5 Å². The van der Waals surface area contributed by atoms with E-state index in [-0.39, 0.29) is 12.1 Å². The van der Waals surface area contributed by atoms with E-state index in [0.717, 1.165) is 24.4 Å². The van der Waals surface area contributed by atoms with Gasteiger partial charge in [0.1, 0.15) is 5.01 Å². The lowest BCUT2D eigenvalue weighted by Gasteiger charge is -2.16. The van der Waals surface area contributed by atoms with Gasteiger partial charge < -0.3 is 10.6 Å². The number of nitrogens with zero attached hydrogens (tertiary/aromatic N) is 1. The molecule has 106 valence electrons. The molecule has 0 spiro atoms. The van der Waals surface area contributed by atoms with Gasteiger partial charge in [0.2, 0.25) is 0 Å². The first-order valence-corrected chi connectivity index (χ1v) is 7.89. The van der Waals surface area contributed by atoms with E-state index >= 15 is 0 Å². The van der Waals surface area contributed by atoms with E-state index in [9.17, 15) is 4.79 Å². The van der Waals surface area contributed by atoms with Crippen molar-refractivity contribution < 1.29 is 4.79 Å². The average Bonchev–Trinajstić information content (AvgIpc) is 3.03. The lowest BCUT2D eigenvalue weighted by atomic mass is 10.0. The molecule has 0 radical (unpaired) electrons. The Kier molecular flexibility index (Phi) is 4.45. The molecule has 1 aliphatic rings. The Bertz CT molecular complexity index is 440. The van der Waals surface area contributed by atoms with Gasteiger partial charge in [0.25, 0.3) is 0 Å². The van der Waals surface area contributed by atoms with Crippen LogP contribution in [0.15, 0.2) is 6.20 Å². The van der Waals surface area contributed by atoms with E-state index in [1.807, 2.05) is 13.1 Å². The highest BCUT2D eigenvalue weighted by Crippen LogP contribution is 2.47. The molecule has 1 aromatic rings. The summed E-state index contributed by atoms with van der Waals surface area (Å²) in [6.07, 6.45) is 6.52. The number of carbonyl (C=O) groups excluding carboxylic acids is 1. The molecule has 1 aromatic heterocycles. The van der Waals surface area contributed by atoms with Crippen LogP contribution in [-0.2, 0) is 6.42 Å². The number of nitrogens with one attached hydrogen (secondary N) is 2. The molecular formula is C14H23N3OS. The second kappa shape index (κ2) is 5.90. The average molecular weight is 281 g/mol. The van der Waals surface area contributed by atoms with Gasteiger partial charge in [-0.25, -0.2) is 9.78 Å². The third-order valence-corrected chi connectivity index (χ3v) is 5.29. The quantitative estimate of drug-likeness (QED) is 0.841. The summed E-state index contributed by atoms with van der Waals surface area (Å²) in [6, 6.07) is -0.109. The standard InChI is InChI=1S/C14H23N3OS/c1-4-11-8-15-12(19-11)10(3)17-13(18)16-9-14(5-2)6-7-14/h8,10H,4-7,9H2,1-3H3,(H2,16,17,18). The van der Waals surface area contributed by atoms with Crippen LogP contribution in [-0.4, -0.2) is 17.6 Å². The number of rotatable bonds is 6. The van der Waals surface area contributed by atoms with Crippen molar-refractivity contribution in [2.24, 2.45) is 5.41 Å². The zero-order chi connectivity index (χ0) is 13.9. The normalized spacial score (nSPS) is 17.8. The molecule has 1 fully saturated rings. The monoisotopic (exact) mass is 281 g/mol. The Labute approximate surface area is 119 Å². The molecule has 1 aliphatic carbocycles. The van der Waals surface area contributed by atoms with Crippen LogP contribution < -0.4 is 10.6 Å². The van der Waals surface area contributed by atoms with Crippen molar-refractivity contribution in [3.05, 3.63) is 16.1 Å². The number of hydrogen-bond donors (Lipinski definition) is 2. The van der Waals surface area contributed by atoms with E-state index in [1.54, 1.807) is 11.3 Å². The van der Waals surface area contributed by atoms with Crippen molar-refractivity contribution in [1.29, 1.82) is 0 Å². The highest BCUT2D eigenvalue weighted by molar-refractivity contribution is 7.11. The van der Waals surface area contributed by atoms with Crippen LogP contribution in [0.4, 0.5) is 4.79 Å². The zero-order valence-electron chi connectivity index (χ0n) is 12.0. The Balaban J connectivity index is 1.78. The zero-order valence-corrected chi connectivity index (χ0v) is 12.8.